The number of benzene rings is 1. The van der Waals surface area contributed by atoms with Crippen molar-refractivity contribution in [2.75, 3.05) is 13.7 Å². The molecule has 1 unspecified atom stereocenters. The molecule has 0 bridgehead atoms. The van der Waals surface area contributed by atoms with E-state index in [-0.39, 0.29) is 12.0 Å². The van der Waals surface area contributed by atoms with Gasteiger partial charge in [-0.15, -0.1) is 0 Å². The molecule has 0 spiro atoms. The number of amides is 1. The first-order valence-corrected chi connectivity index (χ1v) is 10.2. The van der Waals surface area contributed by atoms with Crippen molar-refractivity contribution >= 4 is 11.9 Å². The fraction of sp³-hybridized carbons (Fsp3) is 0.435. The van der Waals surface area contributed by atoms with Gasteiger partial charge in [-0.1, -0.05) is 12.1 Å². The number of hydrogen-bond donors (Lipinski definition) is 0. The van der Waals surface area contributed by atoms with Crippen LogP contribution < -0.4 is 4.74 Å². The number of fused-ring (bicyclic) bond motifs is 1. The van der Waals surface area contributed by atoms with E-state index in [2.05, 4.69) is 4.98 Å². The Morgan fingerprint density at radius 2 is 2.00 bits per heavy atom. The molecule has 1 fully saturated rings. The van der Waals surface area contributed by atoms with Crippen molar-refractivity contribution in [1.82, 2.24) is 9.88 Å². The molecule has 1 aromatic heterocycles. The monoisotopic (exact) mass is 394 g/mol. The summed E-state index contributed by atoms with van der Waals surface area (Å²) in [6, 6.07) is 9.14. The number of rotatable bonds is 5. The van der Waals surface area contributed by atoms with Gasteiger partial charge < -0.3 is 14.4 Å². The van der Waals surface area contributed by atoms with Gasteiger partial charge in [-0.2, -0.15) is 0 Å². The summed E-state index contributed by atoms with van der Waals surface area (Å²) >= 11 is 0. The van der Waals surface area contributed by atoms with Gasteiger partial charge in [-0.05, 0) is 68.4 Å². The highest BCUT2D eigenvalue weighted by Crippen LogP contribution is 2.33. The quantitative estimate of drug-likeness (QED) is 0.725. The lowest BCUT2D eigenvalue weighted by atomic mass is 9.93. The van der Waals surface area contributed by atoms with Crippen LogP contribution in [0.15, 0.2) is 36.5 Å². The van der Waals surface area contributed by atoms with Gasteiger partial charge in [0.15, 0.2) is 0 Å². The first-order chi connectivity index (χ1) is 14.1. The Labute approximate surface area is 170 Å². The Balaban J connectivity index is 1.60. The number of esters is 1. The third-order valence-corrected chi connectivity index (χ3v) is 5.89. The second-order valence-electron chi connectivity index (χ2n) is 7.70. The van der Waals surface area contributed by atoms with Crippen LogP contribution in [0.2, 0.25) is 0 Å². The van der Waals surface area contributed by atoms with Crippen LogP contribution in [-0.2, 0) is 16.0 Å². The molecule has 0 radical (unpaired) electrons. The van der Waals surface area contributed by atoms with E-state index < -0.39 is 12.0 Å². The van der Waals surface area contributed by atoms with E-state index in [1.165, 1.54) is 20.0 Å². The Morgan fingerprint density at radius 1 is 1.21 bits per heavy atom. The van der Waals surface area contributed by atoms with Gasteiger partial charge in [0, 0.05) is 23.9 Å². The smallest absolute Gasteiger partial charge is 0.328 e. The number of carbonyl (C=O) groups excluding carboxylic acids is 2. The Kier molecular flexibility index (Phi) is 5.51. The van der Waals surface area contributed by atoms with Crippen molar-refractivity contribution in [3.05, 3.63) is 47.7 Å². The predicted octanol–water partition coefficient (Wildman–Crippen LogP) is 3.63. The van der Waals surface area contributed by atoms with E-state index in [4.69, 9.17) is 9.47 Å². The predicted molar refractivity (Wildman–Crippen MR) is 109 cm³/mol. The van der Waals surface area contributed by atoms with Gasteiger partial charge in [0.05, 0.1) is 7.11 Å². The number of carbonyl (C=O) groups is 2. The highest BCUT2D eigenvalue weighted by molar-refractivity contribution is 5.99. The summed E-state index contributed by atoms with van der Waals surface area (Å²) in [5, 5.41) is 0. The molecule has 2 aromatic rings. The first kappa shape index (κ1) is 19.4. The lowest BCUT2D eigenvalue weighted by molar-refractivity contribution is -0.145. The molecule has 1 atom stereocenters. The van der Waals surface area contributed by atoms with Crippen LogP contribution in [0, 0.1) is 0 Å². The fourth-order valence-corrected chi connectivity index (χ4v) is 4.21. The van der Waals surface area contributed by atoms with Gasteiger partial charge in [0.25, 0.3) is 5.91 Å². The highest BCUT2D eigenvalue weighted by atomic mass is 16.5. The average Bonchev–Trinajstić information content (AvgIpc) is 3.26. The van der Waals surface area contributed by atoms with Crippen molar-refractivity contribution in [2.24, 2.45) is 0 Å². The second-order valence-corrected chi connectivity index (χ2v) is 7.70. The lowest BCUT2D eigenvalue weighted by Crippen LogP contribution is -2.47. The fourth-order valence-electron chi connectivity index (χ4n) is 4.21. The van der Waals surface area contributed by atoms with Gasteiger partial charge in [0.2, 0.25) is 5.88 Å². The first-order valence-electron chi connectivity index (χ1n) is 10.2. The number of hydrogen-bond acceptors (Lipinski definition) is 5. The van der Waals surface area contributed by atoms with Crippen molar-refractivity contribution in [2.45, 2.75) is 51.2 Å². The molecule has 4 rings (SSSR count). The van der Waals surface area contributed by atoms with E-state index in [1.807, 2.05) is 30.3 Å². The number of methoxy groups -OCH3 is 1. The molecular weight excluding hydrogens is 368 g/mol. The maximum Gasteiger partial charge on any atom is 0.328 e. The summed E-state index contributed by atoms with van der Waals surface area (Å²) < 4.78 is 11.0. The van der Waals surface area contributed by atoms with Crippen LogP contribution in [-0.4, -0.2) is 47.6 Å². The molecule has 1 aliphatic heterocycles. The number of pyridine rings is 1. The SMILES string of the molecule is COC(=O)C(C)N1CCc2cc(-c3cccnc3OC3CCCC3)ccc2C1=O. The van der Waals surface area contributed by atoms with E-state index in [1.54, 1.807) is 18.0 Å². The molecule has 6 nitrogen and oxygen atoms in total. The Bertz CT molecular complexity index is 921. The number of aromatic nitrogens is 1. The van der Waals surface area contributed by atoms with Gasteiger partial charge in [-0.3, -0.25) is 4.79 Å². The second kappa shape index (κ2) is 8.23. The van der Waals surface area contributed by atoms with E-state index in [0.717, 1.165) is 29.5 Å². The Morgan fingerprint density at radius 3 is 2.76 bits per heavy atom. The van der Waals surface area contributed by atoms with Crippen molar-refractivity contribution in [3.8, 4) is 17.0 Å². The molecule has 0 N–H and O–H groups in total. The normalized spacial score (nSPS) is 17.7. The molecule has 1 aliphatic carbocycles. The summed E-state index contributed by atoms with van der Waals surface area (Å²) in [6.45, 7) is 2.19. The summed E-state index contributed by atoms with van der Waals surface area (Å²) in [7, 11) is 1.34. The standard InChI is InChI=1S/C23H26N2O4/c1-15(23(27)28-2)25-13-11-17-14-16(9-10-20(17)22(25)26)19-8-5-12-24-21(19)29-18-6-3-4-7-18/h5,8-10,12,14-15,18H,3-4,6-7,11,13H2,1-2H3. The number of ether oxygens (including phenoxy) is 2. The molecule has 1 aromatic carbocycles. The number of nitrogens with zero attached hydrogens (tertiary/aromatic N) is 2. The van der Waals surface area contributed by atoms with Gasteiger partial charge >= 0.3 is 5.97 Å². The minimum atomic E-state index is -0.593. The highest BCUT2D eigenvalue weighted by Gasteiger charge is 2.32. The maximum absolute atomic E-state index is 12.9. The zero-order valence-corrected chi connectivity index (χ0v) is 16.9. The molecule has 152 valence electrons. The lowest BCUT2D eigenvalue weighted by Gasteiger charge is -2.32. The largest absolute Gasteiger partial charge is 0.474 e. The van der Waals surface area contributed by atoms with E-state index in [9.17, 15) is 9.59 Å². The summed E-state index contributed by atoms with van der Waals surface area (Å²) in [5.74, 6) is 0.120. The van der Waals surface area contributed by atoms with E-state index in [0.29, 0.717) is 24.4 Å². The third kappa shape index (κ3) is 3.84. The topological polar surface area (TPSA) is 68.7 Å². The molecule has 1 saturated carbocycles. The van der Waals surface area contributed by atoms with Gasteiger partial charge in [0.1, 0.15) is 12.1 Å². The summed E-state index contributed by atoms with van der Waals surface area (Å²) in [4.78, 5) is 30.8. The molecule has 1 amide bonds. The minimum absolute atomic E-state index is 0.135. The summed E-state index contributed by atoms with van der Waals surface area (Å²) in [5.41, 5.74) is 3.56. The zero-order valence-electron chi connectivity index (χ0n) is 16.9. The zero-order chi connectivity index (χ0) is 20.4. The van der Waals surface area contributed by atoms with Crippen molar-refractivity contribution < 1.29 is 19.1 Å². The molecule has 2 aliphatic rings. The van der Waals surface area contributed by atoms with Crippen molar-refractivity contribution in [1.29, 1.82) is 0 Å². The Hall–Kier alpha value is -2.89. The molecule has 2 heterocycles. The molecule has 29 heavy (non-hydrogen) atoms. The molecular formula is C23H26N2O4. The van der Waals surface area contributed by atoms with Crippen LogP contribution in [0.3, 0.4) is 0 Å². The van der Waals surface area contributed by atoms with Crippen LogP contribution in [0.4, 0.5) is 0 Å². The molecule has 0 saturated heterocycles. The van der Waals surface area contributed by atoms with Crippen LogP contribution >= 0.6 is 0 Å². The van der Waals surface area contributed by atoms with Gasteiger partial charge in [-0.25, -0.2) is 9.78 Å². The maximum atomic E-state index is 12.9. The minimum Gasteiger partial charge on any atom is -0.474 e. The van der Waals surface area contributed by atoms with Crippen molar-refractivity contribution in [3.63, 3.8) is 0 Å². The summed E-state index contributed by atoms with van der Waals surface area (Å²) in [6.07, 6.45) is 7.22. The third-order valence-electron chi connectivity index (χ3n) is 5.89. The average molecular weight is 394 g/mol. The molecule has 6 heteroatoms. The van der Waals surface area contributed by atoms with Crippen LogP contribution in [0.25, 0.3) is 11.1 Å². The van der Waals surface area contributed by atoms with Crippen LogP contribution in [0.1, 0.15) is 48.5 Å². The van der Waals surface area contributed by atoms with E-state index >= 15 is 0 Å². The van der Waals surface area contributed by atoms with Crippen LogP contribution in [0.5, 0.6) is 5.88 Å².